The molecule has 2 aromatic rings. The third kappa shape index (κ3) is 6.63. The number of halogens is 1. The van der Waals surface area contributed by atoms with Crippen LogP contribution in [0.4, 0.5) is 0 Å². The second-order valence-corrected chi connectivity index (χ2v) is 7.93. The van der Waals surface area contributed by atoms with E-state index in [4.69, 9.17) is 0 Å². The highest BCUT2D eigenvalue weighted by molar-refractivity contribution is 8.93. The standard InChI is InChI=1S/C20H27P.BrH/c1-2-3-4-5-6-13-18-21(19-14-9-7-10-15-19)20-16-11-8-12-17-20;/h7-12,14-17H,2-6,13,18H2,1H3;1H. The van der Waals surface area contributed by atoms with E-state index >= 15 is 0 Å². The van der Waals surface area contributed by atoms with Crippen molar-refractivity contribution in [2.45, 2.75) is 45.4 Å². The number of rotatable bonds is 9. The molecule has 0 aliphatic rings. The molecule has 2 aromatic carbocycles. The summed E-state index contributed by atoms with van der Waals surface area (Å²) in [7, 11) is -0.175. The van der Waals surface area contributed by atoms with Crippen LogP contribution in [0, 0.1) is 0 Å². The zero-order chi connectivity index (χ0) is 14.8. The third-order valence-electron chi connectivity index (χ3n) is 3.87. The van der Waals surface area contributed by atoms with E-state index in [1.165, 1.54) is 55.3 Å². The Kier molecular flexibility index (Phi) is 10.5. The minimum Gasteiger partial charge on any atom is -0.114 e. The first-order valence-electron chi connectivity index (χ1n) is 8.29. The Hall–Kier alpha value is -0.650. The zero-order valence-corrected chi connectivity index (χ0v) is 16.2. The van der Waals surface area contributed by atoms with Gasteiger partial charge in [-0.05, 0) is 31.1 Å². The molecule has 2 rings (SSSR count). The lowest BCUT2D eigenvalue weighted by Gasteiger charge is -2.18. The van der Waals surface area contributed by atoms with E-state index in [0.717, 1.165) is 0 Å². The zero-order valence-electron chi connectivity index (χ0n) is 13.6. The number of unbranched alkanes of at least 4 members (excludes halogenated alkanes) is 5. The molecule has 0 bridgehead atoms. The highest BCUT2D eigenvalue weighted by Crippen LogP contribution is 2.34. The first-order chi connectivity index (χ1) is 10.4. The van der Waals surface area contributed by atoms with Gasteiger partial charge in [0.1, 0.15) is 0 Å². The van der Waals surface area contributed by atoms with Gasteiger partial charge in [0.05, 0.1) is 0 Å². The van der Waals surface area contributed by atoms with Crippen molar-refractivity contribution in [3.05, 3.63) is 60.7 Å². The molecule has 22 heavy (non-hydrogen) atoms. The number of benzene rings is 2. The number of hydrogen-bond acceptors (Lipinski definition) is 0. The van der Waals surface area contributed by atoms with Gasteiger partial charge >= 0.3 is 0 Å². The van der Waals surface area contributed by atoms with Gasteiger partial charge in [0.2, 0.25) is 0 Å². The van der Waals surface area contributed by atoms with E-state index in [2.05, 4.69) is 67.6 Å². The average molecular weight is 379 g/mol. The summed E-state index contributed by atoms with van der Waals surface area (Å²) in [6.07, 6.45) is 9.62. The van der Waals surface area contributed by atoms with Crippen LogP contribution in [0.2, 0.25) is 0 Å². The molecule has 0 radical (unpaired) electrons. The fourth-order valence-corrected chi connectivity index (χ4v) is 5.09. The Bertz CT molecular complexity index is 444. The van der Waals surface area contributed by atoms with E-state index < -0.39 is 0 Å². The van der Waals surface area contributed by atoms with Crippen molar-refractivity contribution in [2.75, 3.05) is 6.16 Å². The van der Waals surface area contributed by atoms with Crippen LogP contribution in [0.3, 0.4) is 0 Å². The van der Waals surface area contributed by atoms with E-state index in [1.807, 2.05) is 0 Å². The van der Waals surface area contributed by atoms with Crippen LogP contribution in [0.25, 0.3) is 0 Å². The molecule has 0 fully saturated rings. The Labute approximate surface area is 147 Å². The lowest BCUT2D eigenvalue weighted by Crippen LogP contribution is -2.13. The highest BCUT2D eigenvalue weighted by Gasteiger charge is 2.12. The molecule has 0 aliphatic heterocycles. The lowest BCUT2D eigenvalue weighted by atomic mass is 10.1. The van der Waals surface area contributed by atoms with Crippen LogP contribution in [0.1, 0.15) is 45.4 Å². The maximum absolute atomic E-state index is 2.30. The van der Waals surface area contributed by atoms with Crippen molar-refractivity contribution in [3.63, 3.8) is 0 Å². The van der Waals surface area contributed by atoms with Gasteiger partial charge in [-0.1, -0.05) is 99.7 Å². The predicted molar refractivity (Wildman–Crippen MR) is 108 cm³/mol. The van der Waals surface area contributed by atoms with Crippen molar-refractivity contribution in [3.8, 4) is 0 Å². The Morgan fingerprint density at radius 2 is 1.09 bits per heavy atom. The predicted octanol–water partition coefficient (Wildman–Crippen LogP) is 6.06. The summed E-state index contributed by atoms with van der Waals surface area (Å²) < 4.78 is 0. The Morgan fingerprint density at radius 1 is 0.636 bits per heavy atom. The summed E-state index contributed by atoms with van der Waals surface area (Å²) in [6, 6.07) is 22.1. The highest BCUT2D eigenvalue weighted by atomic mass is 79.9. The van der Waals surface area contributed by atoms with Crippen LogP contribution in [0.15, 0.2) is 60.7 Å². The molecule has 0 N–H and O–H groups in total. The fourth-order valence-electron chi connectivity index (χ4n) is 2.67. The Morgan fingerprint density at radius 3 is 1.59 bits per heavy atom. The maximum Gasteiger partial charge on any atom is -0.0195 e. The van der Waals surface area contributed by atoms with E-state index in [1.54, 1.807) is 0 Å². The minimum atomic E-state index is -0.175. The molecular formula is C20H28BrP. The smallest absolute Gasteiger partial charge is 0.0195 e. The van der Waals surface area contributed by atoms with Crippen molar-refractivity contribution in [2.24, 2.45) is 0 Å². The van der Waals surface area contributed by atoms with Gasteiger partial charge in [0, 0.05) is 0 Å². The minimum absolute atomic E-state index is 0. The molecule has 0 unspecified atom stereocenters. The summed E-state index contributed by atoms with van der Waals surface area (Å²) in [5.41, 5.74) is 0. The molecule has 0 heterocycles. The summed E-state index contributed by atoms with van der Waals surface area (Å²) in [5.74, 6) is 0. The quantitative estimate of drug-likeness (QED) is 0.367. The molecule has 0 saturated carbocycles. The molecular weight excluding hydrogens is 351 g/mol. The normalized spacial score (nSPS) is 10.5. The number of hydrogen-bond donors (Lipinski definition) is 0. The van der Waals surface area contributed by atoms with Gasteiger partial charge in [-0.3, -0.25) is 0 Å². The molecule has 0 aliphatic carbocycles. The molecule has 0 aromatic heterocycles. The van der Waals surface area contributed by atoms with Gasteiger partial charge in [0.15, 0.2) is 0 Å². The van der Waals surface area contributed by atoms with Crippen molar-refractivity contribution in [1.82, 2.24) is 0 Å². The summed E-state index contributed by atoms with van der Waals surface area (Å²) in [5, 5.41) is 3.04. The van der Waals surface area contributed by atoms with E-state index in [-0.39, 0.29) is 24.9 Å². The van der Waals surface area contributed by atoms with Crippen LogP contribution in [0.5, 0.6) is 0 Å². The van der Waals surface area contributed by atoms with Crippen LogP contribution in [-0.2, 0) is 0 Å². The summed E-state index contributed by atoms with van der Waals surface area (Å²) in [6.45, 7) is 2.28. The molecule has 0 atom stereocenters. The van der Waals surface area contributed by atoms with E-state index in [9.17, 15) is 0 Å². The lowest BCUT2D eigenvalue weighted by molar-refractivity contribution is 0.626. The van der Waals surface area contributed by atoms with Gasteiger partial charge in [-0.25, -0.2) is 0 Å². The average Bonchev–Trinajstić information content (AvgIpc) is 2.56. The molecule has 120 valence electrons. The Balaban J connectivity index is 0.00000242. The third-order valence-corrected chi connectivity index (χ3v) is 6.48. The molecule has 0 saturated heterocycles. The van der Waals surface area contributed by atoms with Crippen LogP contribution < -0.4 is 10.6 Å². The van der Waals surface area contributed by atoms with Gasteiger partial charge in [0.25, 0.3) is 0 Å². The molecule has 0 spiro atoms. The largest absolute Gasteiger partial charge is 0.114 e. The second kappa shape index (κ2) is 11.9. The second-order valence-electron chi connectivity index (χ2n) is 5.59. The van der Waals surface area contributed by atoms with Crippen molar-refractivity contribution in [1.29, 1.82) is 0 Å². The summed E-state index contributed by atoms with van der Waals surface area (Å²) >= 11 is 0. The SMILES string of the molecule is Br.CCCCCCCCP(c1ccccc1)c1ccccc1. The van der Waals surface area contributed by atoms with Crippen molar-refractivity contribution >= 4 is 35.5 Å². The molecule has 2 heteroatoms. The first kappa shape index (κ1) is 19.4. The maximum atomic E-state index is 2.30. The topological polar surface area (TPSA) is 0 Å². The van der Waals surface area contributed by atoms with Gasteiger partial charge in [-0.2, -0.15) is 0 Å². The van der Waals surface area contributed by atoms with E-state index in [0.29, 0.717) is 0 Å². The fraction of sp³-hybridized carbons (Fsp3) is 0.400. The van der Waals surface area contributed by atoms with Crippen molar-refractivity contribution < 1.29 is 0 Å². The monoisotopic (exact) mass is 378 g/mol. The van der Waals surface area contributed by atoms with Gasteiger partial charge < -0.3 is 0 Å². The van der Waals surface area contributed by atoms with Crippen LogP contribution in [-0.4, -0.2) is 6.16 Å². The van der Waals surface area contributed by atoms with Gasteiger partial charge in [-0.15, -0.1) is 17.0 Å². The molecule has 0 nitrogen and oxygen atoms in total. The van der Waals surface area contributed by atoms with Crippen LogP contribution >= 0.6 is 24.9 Å². The summed E-state index contributed by atoms with van der Waals surface area (Å²) in [4.78, 5) is 0. The first-order valence-corrected chi connectivity index (χ1v) is 9.82. The molecule has 0 amide bonds.